The van der Waals surface area contributed by atoms with E-state index in [0.717, 1.165) is 25.0 Å². The van der Waals surface area contributed by atoms with Gasteiger partial charge in [-0.05, 0) is 36.6 Å². The van der Waals surface area contributed by atoms with Crippen molar-refractivity contribution < 1.29 is 18.0 Å². The zero-order chi connectivity index (χ0) is 20.2. The number of benzene rings is 1. The Morgan fingerprint density at radius 3 is 2.68 bits per heavy atom. The normalized spacial score (nSPS) is 15.6. The minimum absolute atomic E-state index is 0.0231. The van der Waals surface area contributed by atoms with Crippen molar-refractivity contribution in [1.82, 2.24) is 20.6 Å². The molecule has 1 fully saturated rings. The standard InChI is InChI=1S/C19H18F3N5O/c20-19(21,22)14-5-3-4-13(10-14)12-25-17(28)27-18(7-1-2-8-18)15-6-9-24-16(11-23)26-15/h3-6,9-10H,1-2,7-8,12H2,(H2,25,27,28). The second kappa shape index (κ2) is 7.84. The molecule has 6 nitrogen and oxygen atoms in total. The van der Waals surface area contributed by atoms with Gasteiger partial charge in [-0.25, -0.2) is 14.8 Å². The number of carbonyl (C=O) groups is 1. The molecule has 1 aromatic heterocycles. The summed E-state index contributed by atoms with van der Waals surface area (Å²) in [6.45, 7) is -0.0426. The van der Waals surface area contributed by atoms with Crippen LogP contribution in [0.3, 0.4) is 0 Å². The predicted molar refractivity (Wildman–Crippen MR) is 93.7 cm³/mol. The van der Waals surface area contributed by atoms with Crippen LogP contribution in [-0.2, 0) is 18.3 Å². The first-order valence-corrected chi connectivity index (χ1v) is 8.78. The summed E-state index contributed by atoms with van der Waals surface area (Å²) in [5, 5.41) is 14.5. The molecule has 146 valence electrons. The second-order valence-electron chi connectivity index (χ2n) is 6.67. The lowest BCUT2D eigenvalue weighted by Crippen LogP contribution is -2.48. The van der Waals surface area contributed by atoms with Crippen LogP contribution in [0.5, 0.6) is 0 Å². The van der Waals surface area contributed by atoms with Gasteiger partial charge in [0.15, 0.2) is 0 Å². The Kier molecular flexibility index (Phi) is 5.49. The molecule has 0 aliphatic heterocycles. The Hall–Kier alpha value is -3.15. The maximum atomic E-state index is 12.8. The summed E-state index contributed by atoms with van der Waals surface area (Å²) in [5.41, 5.74) is -0.568. The summed E-state index contributed by atoms with van der Waals surface area (Å²) in [6, 6.07) is 7.86. The van der Waals surface area contributed by atoms with Crippen molar-refractivity contribution in [3.8, 4) is 6.07 Å². The third-order valence-corrected chi connectivity index (χ3v) is 4.76. The van der Waals surface area contributed by atoms with Crippen LogP contribution in [0.1, 0.15) is 48.3 Å². The summed E-state index contributed by atoms with van der Waals surface area (Å²) < 4.78 is 38.4. The molecule has 2 aromatic rings. The fourth-order valence-corrected chi connectivity index (χ4v) is 3.40. The fraction of sp³-hybridized carbons (Fsp3) is 0.368. The molecule has 0 radical (unpaired) electrons. The van der Waals surface area contributed by atoms with Crippen molar-refractivity contribution in [1.29, 1.82) is 5.26 Å². The van der Waals surface area contributed by atoms with Gasteiger partial charge in [0.2, 0.25) is 5.82 Å². The van der Waals surface area contributed by atoms with Crippen LogP contribution in [0, 0.1) is 11.3 Å². The highest BCUT2D eigenvalue weighted by Gasteiger charge is 2.38. The average molecular weight is 389 g/mol. The van der Waals surface area contributed by atoms with Crippen LogP contribution in [0.4, 0.5) is 18.0 Å². The van der Waals surface area contributed by atoms with Crippen LogP contribution in [0.15, 0.2) is 36.5 Å². The van der Waals surface area contributed by atoms with Crippen molar-refractivity contribution in [2.75, 3.05) is 0 Å². The molecule has 1 saturated carbocycles. The lowest BCUT2D eigenvalue weighted by Gasteiger charge is -2.29. The van der Waals surface area contributed by atoms with Gasteiger partial charge in [-0.2, -0.15) is 18.4 Å². The first kappa shape index (κ1) is 19.6. The number of nitriles is 1. The third-order valence-electron chi connectivity index (χ3n) is 4.76. The highest BCUT2D eigenvalue weighted by molar-refractivity contribution is 5.75. The number of rotatable bonds is 4. The van der Waals surface area contributed by atoms with Crippen molar-refractivity contribution in [2.24, 2.45) is 0 Å². The van der Waals surface area contributed by atoms with E-state index in [1.165, 1.54) is 18.3 Å². The Bertz CT molecular complexity index is 901. The molecule has 0 atom stereocenters. The van der Waals surface area contributed by atoms with E-state index in [0.29, 0.717) is 24.1 Å². The summed E-state index contributed by atoms with van der Waals surface area (Å²) in [5.74, 6) is 0.0231. The molecule has 9 heteroatoms. The molecular formula is C19H18F3N5O. The number of amides is 2. The third kappa shape index (κ3) is 4.39. The van der Waals surface area contributed by atoms with Gasteiger partial charge >= 0.3 is 12.2 Å². The Morgan fingerprint density at radius 1 is 1.25 bits per heavy atom. The largest absolute Gasteiger partial charge is 0.416 e. The quantitative estimate of drug-likeness (QED) is 0.835. The molecule has 2 N–H and O–H groups in total. The van der Waals surface area contributed by atoms with Crippen molar-refractivity contribution in [2.45, 2.75) is 43.9 Å². The number of urea groups is 1. The number of halogens is 3. The number of carbonyl (C=O) groups excluding carboxylic acids is 1. The van der Waals surface area contributed by atoms with Crippen molar-refractivity contribution in [3.63, 3.8) is 0 Å². The van der Waals surface area contributed by atoms with Crippen LogP contribution in [-0.4, -0.2) is 16.0 Å². The van der Waals surface area contributed by atoms with E-state index in [9.17, 15) is 18.0 Å². The van der Waals surface area contributed by atoms with Gasteiger partial charge in [-0.3, -0.25) is 0 Å². The molecule has 0 bridgehead atoms. The van der Waals surface area contributed by atoms with E-state index >= 15 is 0 Å². The smallest absolute Gasteiger partial charge is 0.334 e. The van der Waals surface area contributed by atoms with Gasteiger partial charge in [0, 0.05) is 12.7 Å². The van der Waals surface area contributed by atoms with E-state index < -0.39 is 23.3 Å². The summed E-state index contributed by atoms with van der Waals surface area (Å²) in [7, 11) is 0. The lowest BCUT2D eigenvalue weighted by atomic mass is 9.93. The lowest BCUT2D eigenvalue weighted by molar-refractivity contribution is -0.137. The number of alkyl halides is 3. The molecule has 0 saturated heterocycles. The zero-order valence-electron chi connectivity index (χ0n) is 14.9. The minimum Gasteiger partial charge on any atom is -0.334 e. The SMILES string of the molecule is N#Cc1nccc(C2(NC(=O)NCc3cccc(C(F)(F)F)c3)CCCC2)n1. The first-order valence-electron chi connectivity index (χ1n) is 8.78. The monoisotopic (exact) mass is 389 g/mol. The van der Waals surface area contributed by atoms with E-state index in [1.54, 1.807) is 6.07 Å². The van der Waals surface area contributed by atoms with Crippen LogP contribution >= 0.6 is 0 Å². The molecule has 1 aromatic carbocycles. The van der Waals surface area contributed by atoms with Crippen LogP contribution in [0.25, 0.3) is 0 Å². The van der Waals surface area contributed by atoms with Gasteiger partial charge < -0.3 is 10.6 Å². The maximum absolute atomic E-state index is 12.8. The average Bonchev–Trinajstić information content (AvgIpc) is 3.15. The van der Waals surface area contributed by atoms with E-state index in [2.05, 4.69) is 20.6 Å². The summed E-state index contributed by atoms with van der Waals surface area (Å²) >= 11 is 0. The van der Waals surface area contributed by atoms with E-state index in [-0.39, 0.29) is 12.4 Å². The highest BCUT2D eigenvalue weighted by Crippen LogP contribution is 2.37. The van der Waals surface area contributed by atoms with Gasteiger partial charge in [0.1, 0.15) is 6.07 Å². The number of nitrogens with zero attached hydrogens (tertiary/aromatic N) is 3. The molecule has 1 aliphatic carbocycles. The molecule has 1 aliphatic rings. The number of hydrogen-bond acceptors (Lipinski definition) is 4. The number of nitrogens with one attached hydrogen (secondary N) is 2. The van der Waals surface area contributed by atoms with Crippen molar-refractivity contribution >= 4 is 6.03 Å². The van der Waals surface area contributed by atoms with Gasteiger partial charge in [-0.15, -0.1) is 0 Å². The molecule has 3 rings (SSSR count). The second-order valence-corrected chi connectivity index (χ2v) is 6.67. The zero-order valence-corrected chi connectivity index (χ0v) is 14.9. The minimum atomic E-state index is -4.43. The maximum Gasteiger partial charge on any atom is 0.416 e. The summed E-state index contributed by atoms with van der Waals surface area (Å²) in [6.07, 6.45) is 0.137. The Balaban J connectivity index is 1.70. The molecular weight excluding hydrogens is 371 g/mol. The Labute approximate surface area is 159 Å². The summed E-state index contributed by atoms with van der Waals surface area (Å²) in [4.78, 5) is 20.5. The van der Waals surface area contributed by atoms with E-state index in [1.807, 2.05) is 6.07 Å². The van der Waals surface area contributed by atoms with Crippen LogP contribution in [0.2, 0.25) is 0 Å². The van der Waals surface area contributed by atoms with E-state index in [4.69, 9.17) is 5.26 Å². The topological polar surface area (TPSA) is 90.7 Å². The van der Waals surface area contributed by atoms with Crippen molar-refractivity contribution in [3.05, 3.63) is 59.2 Å². The first-order chi connectivity index (χ1) is 13.3. The number of hydrogen-bond donors (Lipinski definition) is 2. The Morgan fingerprint density at radius 2 is 2.00 bits per heavy atom. The highest BCUT2D eigenvalue weighted by atomic mass is 19.4. The predicted octanol–water partition coefficient (Wildman–Crippen LogP) is 3.64. The van der Waals surface area contributed by atoms with Crippen LogP contribution < -0.4 is 10.6 Å². The van der Waals surface area contributed by atoms with Gasteiger partial charge in [0.25, 0.3) is 0 Å². The van der Waals surface area contributed by atoms with Gasteiger partial charge in [-0.1, -0.05) is 25.0 Å². The van der Waals surface area contributed by atoms with Gasteiger partial charge in [0.05, 0.1) is 16.8 Å². The molecule has 2 amide bonds. The molecule has 28 heavy (non-hydrogen) atoms. The number of aromatic nitrogens is 2. The molecule has 1 heterocycles. The fourth-order valence-electron chi connectivity index (χ4n) is 3.40. The molecule has 0 unspecified atom stereocenters. The molecule has 0 spiro atoms.